The Kier molecular flexibility index (Phi) is 6.17. The van der Waals surface area contributed by atoms with E-state index in [0.717, 1.165) is 31.6 Å². The highest BCUT2D eigenvalue weighted by atomic mass is 19.4. The molecule has 134 valence electrons. The Balaban J connectivity index is 2.08. The van der Waals surface area contributed by atoms with Gasteiger partial charge in [0.2, 0.25) is 0 Å². The molecule has 1 aromatic rings. The summed E-state index contributed by atoms with van der Waals surface area (Å²) in [5.41, 5.74) is 0.976. The molecular formula is C16H24BF3N2O2. The van der Waals surface area contributed by atoms with Crippen LogP contribution in [-0.2, 0) is 0 Å². The number of ether oxygens (including phenoxy) is 1. The molecule has 1 saturated heterocycles. The maximum Gasteiger partial charge on any atom is 0.573 e. The van der Waals surface area contributed by atoms with Crippen molar-refractivity contribution in [2.45, 2.75) is 45.5 Å². The second-order valence-corrected chi connectivity index (χ2v) is 6.25. The fraction of sp³-hybridized carbons (Fsp3) is 0.625. The molecular weight excluding hydrogens is 320 g/mol. The third-order valence-electron chi connectivity index (χ3n) is 4.52. The summed E-state index contributed by atoms with van der Waals surface area (Å²) in [6.07, 6.45) is -3.81. The van der Waals surface area contributed by atoms with Crippen LogP contribution in [0.2, 0.25) is 6.82 Å². The van der Waals surface area contributed by atoms with Crippen molar-refractivity contribution in [3.63, 3.8) is 0 Å². The second kappa shape index (κ2) is 7.76. The molecule has 1 aromatic carbocycles. The van der Waals surface area contributed by atoms with E-state index in [4.69, 9.17) is 0 Å². The Morgan fingerprint density at radius 2 is 1.92 bits per heavy atom. The van der Waals surface area contributed by atoms with E-state index in [1.807, 2.05) is 4.81 Å². The number of hydrogen-bond donors (Lipinski definition) is 1. The lowest BCUT2D eigenvalue weighted by molar-refractivity contribution is -0.274. The van der Waals surface area contributed by atoms with Gasteiger partial charge in [0.05, 0.1) is 0 Å². The normalized spacial score (nSPS) is 21.5. The standard InChI is InChI=1S/C16H24BF3N2O2/c1-4-15(22-10-9-21(17(3)23)11-12(22)2)13-5-7-14(8-6-13)24-16(18,19)20/h5-8,12,15,23H,4,9-11H2,1-3H3. The molecule has 0 radical (unpaired) electrons. The molecule has 8 heteroatoms. The molecule has 2 atom stereocenters. The monoisotopic (exact) mass is 344 g/mol. The molecule has 1 heterocycles. The lowest BCUT2D eigenvalue weighted by atomic mass is 9.83. The lowest BCUT2D eigenvalue weighted by Crippen LogP contribution is -2.56. The summed E-state index contributed by atoms with van der Waals surface area (Å²) in [6.45, 7) is 8.29. The third kappa shape index (κ3) is 4.88. The minimum absolute atomic E-state index is 0.135. The zero-order valence-electron chi connectivity index (χ0n) is 14.3. The van der Waals surface area contributed by atoms with Gasteiger partial charge in [0, 0.05) is 31.7 Å². The number of nitrogens with zero attached hydrogens (tertiary/aromatic N) is 2. The maximum atomic E-state index is 12.3. The van der Waals surface area contributed by atoms with Crippen LogP contribution in [0.3, 0.4) is 0 Å². The minimum Gasteiger partial charge on any atom is -0.437 e. The van der Waals surface area contributed by atoms with E-state index in [1.165, 1.54) is 12.1 Å². The molecule has 0 bridgehead atoms. The summed E-state index contributed by atoms with van der Waals surface area (Å²) in [4.78, 5) is 4.37. The highest BCUT2D eigenvalue weighted by Gasteiger charge is 2.33. The van der Waals surface area contributed by atoms with Crippen LogP contribution in [0.15, 0.2) is 24.3 Å². The molecule has 0 spiro atoms. The molecule has 24 heavy (non-hydrogen) atoms. The van der Waals surface area contributed by atoms with Crippen LogP contribution in [0.4, 0.5) is 13.2 Å². The average molecular weight is 344 g/mol. The Hall–Kier alpha value is -1.25. The van der Waals surface area contributed by atoms with Crippen LogP contribution in [0.5, 0.6) is 5.75 Å². The van der Waals surface area contributed by atoms with Crippen LogP contribution in [-0.4, -0.2) is 53.8 Å². The van der Waals surface area contributed by atoms with Crippen molar-refractivity contribution < 1.29 is 22.9 Å². The number of alkyl halides is 3. The Morgan fingerprint density at radius 1 is 1.29 bits per heavy atom. The molecule has 0 saturated carbocycles. The van der Waals surface area contributed by atoms with Gasteiger partial charge < -0.3 is 14.6 Å². The minimum atomic E-state index is -4.67. The maximum absolute atomic E-state index is 12.3. The van der Waals surface area contributed by atoms with Gasteiger partial charge in [-0.05, 0) is 37.9 Å². The molecule has 1 fully saturated rings. The predicted molar refractivity (Wildman–Crippen MR) is 87.7 cm³/mol. The first-order chi connectivity index (χ1) is 11.2. The Morgan fingerprint density at radius 3 is 2.38 bits per heavy atom. The van der Waals surface area contributed by atoms with E-state index < -0.39 is 13.4 Å². The van der Waals surface area contributed by atoms with E-state index in [-0.39, 0.29) is 17.8 Å². The van der Waals surface area contributed by atoms with E-state index in [9.17, 15) is 18.2 Å². The first-order valence-corrected chi connectivity index (χ1v) is 8.25. The van der Waals surface area contributed by atoms with Crippen LogP contribution in [0.1, 0.15) is 31.9 Å². The highest BCUT2D eigenvalue weighted by molar-refractivity contribution is 6.45. The molecule has 0 aromatic heterocycles. The molecule has 4 nitrogen and oxygen atoms in total. The van der Waals surface area contributed by atoms with Crippen molar-refractivity contribution in [2.24, 2.45) is 0 Å². The summed E-state index contributed by atoms with van der Waals surface area (Å²) >= 11 is 0. The van der Waals surface area contributed by atoms with E-state index in [1.54, 1.807) is 19.0 Å². The van der Waals surface area contributed by atoms with Gasteiger partial charge in [-0.15, -0.1) is 13.2 Å². The first-order valence-electron chi connectivity index (χ1n) is 8.25. The first kappa shape index (κ1) is 19.1. The van der Waals surface area contributed by atoms with Gasteiger partial charge in [0.25, 0.3) is 0 Å². The second-order valence-electron chi connectivity index (χ2n) is 6.25. The summed E-state index contributed by atoms with van der Waals surface area (Å²) in [7, 11) is -0.464. The zero-order valence-corrected chi connectivity index (χ0v) is 14.3. The average Bonchev–Trinajstić information content (AvgIpc) is 2.49. The van der Waals surface area contributed by atoms with Gasteiger partial charge >= 0.3 is 13.4 Å². The fourth-order valence-corrected chi connectivity index (χ4v) is 3.36. The number of rotatable bonds is 5. The summed E-state index contributed by atoms with van der Waals surface area (Å²) < 4.78 is 40.7. The van der Waals surface area contributed by atoms with Crippen LogP contribution in [0.25, 0.3) is 0 Å². The van der Waals surface area contributed by atoms with Crippen molar-refractivity contribution in [1.29, 1.82) is 0 Å². The Bertz CT molecular complexity index is 525. The smallest absolute Gasteiger partial charge is 0.437 e. The molecule has 2 rings (SSSR count). The van der Waals surface area contributed by atoms with Gasteiger partial charge in [-0.3, -0.25) is 4.90 Å². The SMILES string of the molecule is CCC(c1ccc(OC(F)(F)F)cc1)N1CCN(B(C)O)CC1C. The zero-order chi connectivity index (χ0) is 17.9. The summed E-state index contributed by atoms with van der Waals surface area (Å²) in [5, 5.41) is 9.72. The number of piperazine rings is 1. The van der Waals surface area contributed by atoms with Crippen molar-refractivity contribution in [2.75, 3.05) is 19.6 Å². The summed E-state index contributed by atoms with van der Waals surface area (Å²) in [6, 6.07) is 6.51. The van der Waals surface area contributed by atoms with Crippen molar-refractivity contribution in [3.8, 4) is 5.75 Å². The molecule has 1 aliphatic rings. The lowest BCUT2D eigenvalue weighted by Gasteiger charge is -2.44. The third-order valence-corrected chi connectivity index (χ3v) is 4.52. The van der Waals surface area contributed by atoms with Crippen LogP contribution < -0.4 is 4.74 Å². The van der Waals surface area contributed by atoms with Gasteiger partial charge in [-0.2, -0.15) is 0 Å². The molecule has 1 N–H and O–H groups in total. The van der Waals surface area contributed by atoms with Gasteiger partial charge in [0.15, 0.2) is 0 Å². The topological polar surface area (TPSA) is 35.9 Å². The highest BCUT2D eigenvalue weighted by Crippen LogP contribution is 2.30. The quantitative estimate of drug-likeness (QED) is 0.833. The van der Waals surface area contributed by atoms with E-state index >= 15 is 0 Å². The van der Waals surface area contributed by atoms with Gasteiger partial charge in [-0.1, -0.05) is 19.1 Å². The molecule has 2 unspecified atom stereocenters. The molecule has 0 aliphatic carbocycles. The van der Waals surface area contributed by atoms with Gasteiger partial charge in [0.1, 0.15) is 5.75 Å². The molecule has 1 aliphatic heterocycles. The molecule has 0 amide bonds. The van der Waals surface area contributed by atoms with Crippen molar-refractivity contribution in [3.05, 3.63) is 29.8 Å². The number of halogens is 3. The van der Waals surface area contributed by atoms with Crippen LogP contribution in [0, 0.1) is 0 Å². The number of hydrogen-bond acceptors (Lipinski definition) is 4. The van der Waals surface area contributed by atoms with Crippen molar-refractivity contribution >= 4 is 7.05 Å². The predicted octanol–water partition coefficient (Wildman–Crippen LogP) is 3.15. The largest absolute Gasteiger partial charge is 0.573 e. The van der Waals surface area contributed by atoms with Crippen molar-refractivity contribution in [1.82, 2.24) is 9.71 Å². The fourth-order valence-electron chi connectivity index (χ4n) is 3.36. The number of benzene rings is 1. The Labute approximate surface area is 141 Å². The van der Waals surface area contributed by atoms with Gasteiger partial charge in [-0.25, -0.2) is 0 Å². The summed E-state index contributed by atoms with van der Waals surface area (Å²) in [5.74, 6) is -0.201. The van der Waals surface area contributed by atoms with E-state index in [0.29, 0.717) is 0 Å². The van der Waals surface area contributed by atoms with E-state index in [2.05, 4.69) is 23.5 Å². The van der Waals surface area contributed by atoms with Crippen LogP contribution >= 0.6 is 0 Å².